The number of amides is 1. The Bertz CT molecular complexity index is 819. The van der Waals surface area contributed by atoms with E-state index in [1.54, 1.807) is 13.0 Å². The van der Waals surface area contributed by atoms with Gasteiger partial charge in [0.05, 0.1) is 11.3 Å². The number of hydrogen-bond acceptors (Lipinski definition) is 4. The first-order chi connectivity index (χ1) is 10.5. The van der Waals surface area contributed by atoms with Crippen LogP contribution in [0.2, 0.25) is 0 Å². The monoisotopic (exact) mass is 312 g/mol. The number of carbonyl (C=O) groups excluding carboxylic acids is 1. The molecule has 1 amide bonds. The number of rotatable bonds is 3. The van der Waals surface area contributed by atoms with Gasteiger partial charge in [-0.1, -0.05) is 30.3 Å². The molecular weight excluding hydrogens is 296 g/mol. The molecule has 3 aromatic rings. The maximum atomic E-state index is 12.3. The van der Waals surface area contributed by atoms with E-state index >= 15 is 0 Å². The molecule has 0 aliphatic heterocycles. The van der Waals surface area contributed by atoms with Gasteiger partial charge in [0.1, 0.15) is 11.5 Å². The van der Waals surface area contributed by atoms with Crippen molar-refractivity contribution in [3.63, 3.8) is 0 Å². The van der Waals surface area contributed by atoms with E-state index in [0.717, 1.165) is 21.9 Å². The third-order valence-corrected chi connectivity index (χ3v) is 4.24. The SMILES string of the molecule is Cc1cc(C(=O)Nc2nc(-c3ccccc3)c(C)s2)c(C)o1. The molecule has 3 rings (SSSR count). The molecule has 112 valence electrons. The van der Waals surface area contributed by atoms with Crippen LogP contribution in [-0.2, 0) is 0 Å². The normalized spacial score (nSPS) is 10.7. The van der Waals surface area contributed by atoms with Crippen LogP contribution in [0.5, 0.6) is 0 Å². The minimum absolute atomic E-state index is 0.192. The Hall–Kier alpha value is -2.40. The fraction of sp³-hybridized carbons (Fsp3) is 0.176. The fourth-order valence-corrected chi connectivity index (χ4v) is 3.17. The average Bonchev–Trinajstić information content (AvgIpc) is 3.02. The van der Waals surface area contributed by atoms with Crippen LogP contribution in [0.25, 0.3) is 11.3 Å². The zero-order valence-corrected chi connectivity index (χ0v) is 13.5. The van der Waals surface area contributed by atoms with Gasteiger partial charge in [0.25, 0.3) is 5.91 Å². The third-order valence-electron chi connectivity index (χ3n) is 3.35. The number of furan rings is 1. The van der Waals surface area contributed by atoms with Crippen molar-refractivity contribution in [3.8, 4) is 11.3 Å². The van der Waals surface area contributed by atoms with Gasteiger partial charge >= 0.3 is 0 Å². The van der Waals surface area contributed by atoms with Crippen LogP contribution in [0.1, 0.15) is 26.8 Å². The molecule has 0 radical (unpaired) electrons. The number of anilines is 1. The van der Waals surface area contributed by atoms with Crippen molar-refractivity contribution in [2.75, 3.05) is 5.32 Å². The molecule has 2 heterocycles. The van der Waals surface area contributed by atoms with Crippen LogP contribution in [0, 0.1) is 20.8 Å². The van der Waals surface area contributed by atoms with Gasteiger partial charge in [-0.3, -0.25) is 10.1 Å². The number of aryl methyl sites for hydroxylation is 3. The summed E-state index contributed by atoms with van der Waals surface area (Å²) in [6, 6.07) is 11.7. The first-order valence-corrected chi connectivity index (χ1v) is 7.77. The number of nitrogens with zero attached hydrogens (tertiary/aromatic N) is 1. The van der Waals surface area contributed by atoms with Gasteiger partial charge in [0.2, 0.25) is 0 Å². The molecular formula is C17H16N2O2S. The highest BCUT2D eigenvalue weighted by Crippen LogP contribution is 2.30. The second-order valence-corrected chi connectivity index (χ2v) is 6.27. The van der Waals surface area contributed by atoms with E-state index in [1.165, 1.54) is 11.3 Å². The molecule has 0 unspecified atom stereocenters. The molecule has 0 aliphatic rings. The first-order valence-electron chi connectivity index (χ1n) is 6.96. The Morgan fingerprint density at radius 3 is 2.55 bits per heavy atom. The number of benzene rings is 1. The summed E-state index contributed by atoms with van der Waals surface area (Å²) in [4.78, 5) is 17.9. The number of hydrogen-bond donors (Lipinski definition) is 1. The van der Waals surface area contributed by atoms with Crippen molar-refractivity contribution in [2.45, 2.75) is 20.8 Å². The molecule has 22 heavy (non-hydrogen) atoms. The van der Waals surface area contributed by atoms with Crippen molar-refractivity contribution in [1.82, 2.24) is 4.98 Å². The van der Waals surface area contributed by atoms with Gasteiger partial charge in [0, 0.05) is 10.4 Å². The summed E-state index contributed by atoms with van der Waals surface area (Å²) in [5, 5.41) is 3.45. The lowest BCUT2D eigenvalue weighted by Gasteiger charge is -1.99. The summed E-state index contributed by atoms with van der Waals surface area (Å²) in [5.74, 6) is 1.15. The maximum absolute atomic E-state index is 12.3. The number of thiazole rings is 1. The van der Waals surface area contributed by atoms with Gasteiger partial charge in [-0.05, 0) is 26.8 Å². The molecule has 0 aliphatic carbocycles. The van der Waals surface area contributed by atoms with Gasteiger partial charge in [0.15, 0.2) is 5.13 Å². The Balaban J connectivity index is 1.85. The summed E-state index contributed by atoms with van der Waals surface area (Å²) in [6.45, 7) is 5.61. The Labute approximate surface area is 132 Å². The van der Waals surface area contributed by atoms with E-state index in [0.29, 0.717) is 16.5 Å². The molecule has 5 heteroatoms. The van der Waals surface area contributed by atoms with Crippen molar-refractivity contribution >= 4 is 22.4 Å². The largest absolute Gasteiger partial charge is 0.466 e. The van der Waals surface area contributed by atoms with Crippen LogP contribution in [0.3, 0.4) is 0 Å². The van der Waals surface area contributed by atoms with E-state index < -0.39 is 0 Å². The minimum Gasteiger partial charge on any atom is -0.466 e. The zero-order valence-electron chi connectivity index (χ0n) is 12.6. The van der Waals surface area contributed by atoms with Crippen LogP contribution in [0.4, 0.5) is 5.13 Å². The second-order valence-electron chi connectivity index (χ2n) is 5.07. The highest BCUT2D eigenvalue weighted by Gasteiger charge is 2.16. The summed E-state index contributed by atoms with van der Waals surface area (Å²) in [6.07, 6.45) is 0. The standard InChI is InChI=1S/C17H16N2O2S/c1-10-9-14(11(2)21-10)16(20)19-17-18-15(12(3)22-17)13-7-5-4-6-8-13/h4-9H,1-3H3,(H,18,19,20). The second kappa shape index (κ2) is 5.77. The lowest BCUT2D eigenvalue weighted by Crippen LogP contribution is -2.11. The fourth-order valence-electron chi connectivity index (χ4n) is 2.33. The molecule has 1 aromatic carbocycles. The summed E-state index contributed by atoms with van der Waals surface area (Å²) in [5.41, 5.74) is 2.50. The highest BCUT2D eigenvalue weighted by atomic mass is 32.1. The predicted octanol–water partition coefficient (Wildman–Crippen LogP) is 4.58. The molecule has 0 saturated carbocycles. The van der Waals surface area contributed by atoms with Crippen LogP contribution < -0.4 is 5.32 Å². The van der Waals surface area contributed by atoms with Crippen LogP contribution in [0.15, 0.2) is 40.8 Å². The molecule has 0 bridgehead atoms. The van der Waals surface area contributed by atoms with Crippen molar-refractivity contribution < 1.29 is 9.21 Å². The number of nitrogens with one attached hydrogen (secondary N) is 1. The lowest BCUT2D eigenvalue weighted by atomic mass is 10.1. The van der Waals surface area contributed by atoms with Crippen molar-refractivity contribution in [2.24, 2.45) is 0 Å². The van der Waals surface area contributed by atoms with E-state index in [4.69, 9.17) is 4.42 Å². The van der Waals surface area contributed by atoms with Crippen molar-refractivity contribution in [3.05, 3.63) is 58.4 Å². The Kier molecular flexibility index (Phi) is 3.81. The van der Waals surface area contributed by atoms with E-state index in [2.05, 4.69) is 10.3 Å². The summed E-state index contributed by atoms with van der Waals surface area (Å²) < 4.78 is 5.39. The number of carbonyl (C=O) groups is 1. The average molecular weight is 312 g/mol. The van der Waals surface area contributed by atoms with Gasteiger partial charge in [-0.15, -0.1) is 11.3 Å². The van der Waals surface area contributed by atoms with E-state index in [1.807, 2.05) is 44.2 Å². The van der Waals surface area contributed by atoms with E-state index in [9.17, 15) is 4.79 Å². The van der Waals surface area contributed by atoms with Gasteiger partial charge in [-0.2, -0.15) is 0 Å². The zero-order chi connectivity index (χ0) is 15.7. The van der Waals surface area contributed by atoms with Crippen LogP contribution in [-0.4, -0.2) is 10.9 Å². The number of aromatic nitrogens is 1. The van der Waals surface area contributed by atoms with Gasteiger partial charge < -0.3 is 4.42 Å². The highest BCUT2D eigenvalue weighted by molar-refractivity contribution is 7.16. The molecule has 1 N–H and O–H groups in total. The van der Waals surface area contributed by atoms with Crippen LogP contribution >= 0.6 is 11.3 Å². The molecule has 0 atom stereocenters. The van der Waals surface area contributed by atoms with Crippen molar-refractivity contribution in [1.29, 1.82) is 0 Å². The topological polar surface area (TPSA) is 55.1 Å². The first kappa shape index (κ1) is 14.5. The predicted molar refractivity (Wildman–Crippen MR) is 88.4 cm³/mol. The Morgan fingerprint density at radius 2 is 1.91 bits per heavy atom. The van der Waals surface area contributed by atoms with E-state index in [-0.39, 0.29) is 5.91 Å². The molecule has 2 aromatic heterocycles. The third kappa shape index (κ3) is 2.80. The molecule has 0 fully saturated rings. The lowest BCUT2D eigenvalue weighted by molar-refractivity contribution is 0.102. The molecule has 0 saturated heterocycles. The summed E-state index contributed by atoms with van der Waals surface area (Å²) in [7, 11) is 0. The summed E-state index contributed by atoms with van der Waals surface area (Å²) >= 11 is 1.47. The maximum Gasteiger partial charge on any atom is 0.260 e. The smallest absolute Gasteiger partial charge is 0.260 e. The Morgan fingerprint density at radius 1 is 1.18 bits per heavy atom. The molecule has 0 spiro atoms. The molecule has 4 nitrogen and oxygen atoms in total. The van der Waals surface area contributed by atoms with Gasteiger partial charge in [-0.25, -0.2) is 4.98 Å². The minimum atomic E-state index is -0.192. The quantitative estimate of drug-likeness (QED) is 0.770.